The molecule has 9 aromatic rings. The van der Waals surface area contributed by atoms with Gasteiger partial charge in [0.1, 0.15) is 60.6 Å². The molecular formula is C92H112N18O10. The fourth-order valence-electron chi connectivity index (χ4n) is 18.4. The molecule has 6 fully saturated rings. The first kappa shape index (κ1) is 82.1. The van der Waals surface area contributed by atoms with Crippen LogP contribution >= 0.6 is 0 Å². The number of ether oxygens (including phenoxy) is 4. The first-order chi connectivity index (χ1) is 58.5. The number of hydrogen-bond acceptors (Lipinski definition) is 25. The fourth-order valence-corrected chi connectivity index (χ4v) is 18.4. The number of carbonyl (C=O) groups excluding carboxylic acids is 3. The Labute approximate surface area is 702 Å². The summed E-state index contributed by atoms with van der Waals surface area (Å²) in [6.07, 6.45) is 13.6. The number of rotatable bonds is 18. The minimum absolute atomic E-state index is 0.0287. The predicted octanol–water partition coefficient (Wildman–Crippen LogP) is 9.63. The van der Waals surface area contributed by atoms with Crippen molar-refractivity contribution in [3.05, 3.63) is 181 Å². The summed E-state index contributed by atoms with van der Waals surface area (Å²) in [5, 5.41) is 37.7. The van der Waals surface area contributed by atoms with Gasteiger partial charge in [0, 0.05) is 191 Å². The summed E-state index contributed by atoms with van der Waals surface area (Å²) >= 11 is 0. The van der Waals surface area contributed by atoms with Gasteiger partial charge >= 0.3 is 18.0 Å². The zero-order chi connectivity index (χ0) is 82.9. The van der Waals surface area contributed by atoms with Crippen LogP contribution in [0.15, 0.2) is 147 Å². The summed E-state index contributed by atoms with van der Waals surface area (Å²) in [6.45, 7) is 29.1. The summed E-state index contributed by atoms with van der Waals surface area (Å²) in [5.41, 5.74) is 9.24. The molecule has 18 rings (SSSR count). The molecular weight excluding hydrogens is 1520 g/mol. The van der Waals surface area contributed by atoms with E-state index in [1.165, 1.54) is 43.9 Å². The van der Waals surface area contributed by atoms with Crippen LogP contribution in [0, 0.1) is 0 Å². The van der Waals surface area contributed by atoms with Crippen molar-refractivity contribution < 1.29 is 48.7 Å². The maximum Gasteiger partial charge on any atom is 0.318 e. The third-order valence-corrected chi connectivity index (χ3v) is 25.2. The van der Waals surface area contributed by atoms with Crippen LogP contribution in [0.1, 0.15) is 72.3 Å². The summed E-state index contributed by atoms with van der Waals surface area (Å²) in [7, 11) is 6.40. The van der Waals surface area contributed by atoms with Crippen LogP contribution in [0.5, 0.6) is 35.3 Å². The van der Waals surface area contributed by atoms with Crippen molar-refractivity contribution in [2.24, 2.45) is 0 Å². The van der Waals surface area contributed by atoms with Gasteiger partial charge in [0.05, 0.1) is 43.3 Å². The smallest absolute Gasteiger partial charge is 0.318 e. The molecule has 6 saturated heterocycles. The Morgan fingerprint density at radius 1 is 0.408 bits per heavy atom. The number of hydrogen-bond donors (Lipinski definition) is 3. The number of amides is 3. The van der Waals surface area contributed by atoms with Gasteiger partial charge in [-0.3, -0.25) is 14.4 Å². The lowest BCUT2D eigenvalue weighted by Crippen LogP contribution is -2.49. The highest BCUT2D eigenvalue weighted by molar-refractivity contribution is 5.98. The first-order valence-corrected chi connectivity index (χ1v) is 42.7. The SMILES string of the molecule is C=CC(=O)N1CCN(c2nc(OCC3CCCCN3C)nc3c2CCN(c2cc(O)cc4ccccc24)C3)CC1.C=CC(=O)N1CCN(c2nc(OCC3CN(C)CCO3)nc3c2CCN(c2cc(O)cc4ccccc24)C3)CC1.C=CC(=O)N1CCN(c2nc(OC[C@H]3CCCCN3C)nc3c2CCN(c2cc(O)cc4ccccc24)C3)CC1. The molecule has 0 radical (unpaired) electrons. The molecule has 3 aromatic heterocycles. The van der Waals surface area contributed by atoms with Crippen molar-refractivity contribution in [2.75, 3.05) is 201 Å². The van der Waals surface area contributed by atoms with Crippen LogP contribution in [0.2, 0.25) is 0 Å². The number of aromatic hydroxyl groups is 3. The highest BCUT2D eigenvalue weighted by Crippen LogP contribution is 2.42. The monoisotopic (exact) mass is 1630 g/mol. The van der Waals surface area contributed by atoms with Crippen molar-refractivity contribution in [2.45, 2.75) is 95.6 Å². The Hall–Kier alpha value is -11.6. The minimum Gasteiger partial charge on any atom is -0.508 e. The maximum atomic E-state index is 12.2. The maximum absolute atomic E-state index is 12.2. The van der Waals surface area contributed by atoms with Gasteiger partial charge in [0.2, 0.25) is 17.7 Å². The van der Waals surface area contributed by atoms with Gasteiger partial charge in [-0.25, -0.2) is 0 Å². The van der Waals surface area contributed by atoms with Gasteiger partial charge in [-0.1, -0.05) is 105 Å². The Morgan fingerprint density at radius 2 is 0.742 bits per heavy atom. The normalized spacial score (nSPS) is 19.9. The van der Waals surface area contributed by atoms with E-state index in [9.17, 15) is 29.7 Å². The van der Waals surface area contributed by atoms with Gasteiger partial charge in [-0.05, 0) is 132 Å². The Kier molecular flexibility index (Phi) is 25.6. The van der Waals surface area contributed by atoms with E-state index < -0.39 is 0 Å². The minimum atomic E-state index is -0.0418. The first-order valence-electron chi connectivity index (χ1n) is 42.7. The third-order valence-electron chi connectivity index (χ3n) is 25.2. The van der Waals surface area contributed by atoms with E-state index in [1.54, 1.807) is 6.07 Å². The number of piperazine rings is 3. The molecule has 6 aromatic carbocycles. The van der Waals surface area contributed by atoms with Gasteiger partial charge in [-0.2, -0.15) is 29.9 Å². The number of nitrogens with zero attached hydrogens (tertiary/aromatic N) is 18. The van der Waals surface area contributed by atoms with Crippen molar-refractivity contribution in [1.82, 2.24) is 59.3 Å². The van der Waals surface area contributed by atoms with Crippen molar-refractivity contribution in [1.29, 1.82) is 0 Å². The number of piperidine rings is 2. The number of aromatic nitrogens is 6. The van der Waals surface area contributed by atoms with E-state index in [4.69, 9.17) is 48.9 Å². The van der Waals surface area contributed by atoms with Crippen molar-refractivity contribution in [3.63, 3.8) is 0 Å². The van der Waals surface area contributed by atoms with Crippen LogP contribution in [0.25, 0.3) is 32.3 Å². The average molecular weight is 1630 g/mol. The molecule has 0 saturated carbocycles. The Bertz CT molecular complexity index is 5010. The number of anilines is 6. The number of phenolic OH excluding ortho intramolecular Hbond substituents is 3. The third kappa shape index (κ3) is 18.7. The van der Waals surface area contributed by atoms with E-state index in [2.05, 4.69) is 103 Å². The number of morpholine rings is 1. The second kappa shape index (κ2) is 37.4. The van der Waals surface area contributed by atoms with E-state index in [0.29, 0.717) is 155 Å². The highest BCUT2D eigenvalue weighted by atomic mass is 16.5. The lowest BCUT2D eigenvalue weighted by Gasteiger charge is -2.38. The molecule has 28 heteroatoms. The van der Waals surface area contributed by atoms with Gasteiger partial charge in [-0.15, -0.1) is 0 Å². The van der Waals surface area contributed by atoms with Crippen LogP contribution in [-0.2, 0) is 58.0 Å². The Balaban J connectivity index is 0.000000134. The second-order valence-electron chi connectivity index (χ2n) is 32.8. The zero-order valence-corrected chi connectivity index (χ0v) is 69.5. The van der Waals surface area contributed by atoms with Crippen molar-refractivity contribution in [3.8, 4) is 35.3 Å². The molecule has 630 valence electrons. The van der Waals surface area contributed by atoms with E-state index >= 15 is 0 Å². The van der Waals surface area contributed by atoms with Gasteiger partial charge in [0.15, 0.2) is 0 Å². The summed E-state index contributed by atoms with van der Waals surface area (Å²) in [5.74, 6) is 3.39. The van der Waals surface area contributed by atoms with E-state index in [0.717, 1.165) is 179 Å². The number of phenols is 3. The van der Waals surface area contributed by atoms with Gasteiger partial charge < -0.3 is 93.1 Å². The number of carbonyl (C=O) groups is 3. The molecule has 0 spiro atoms. The van der Waals surface area contributed by atoms with Crippen LogP contribution in [0.4, 0.5) is 34.5 Å². The molecule has 9 aliphatic heterocycles. The van der Waals surface area contributed by atoms with E-state index in [1.807, 2.05) is 99.6 Å². The van der Waals surface area contributed by atoms with Crippen molar-refractivity contribution >= 4 is 84.6 Å². The standard InChI is InChI=1S/2C31H38N6O3.C30H36N6O4/c2*1-3-29(39)35-14-16-36(17-15-35)30-26-11-13-37(28-19-24(38)18-22-8-4-5-10-25(22)28)20-27(26)32-31(33-30)40-21-23-9-6-7-12-34(23)2;1-3-28(38)34-10-12-35(13-11-34)29-25-8-9-36(27-17-22(37)16-21-6-4-5-7-24(21)27)19-26(25)31-30(32-29)40-20-23-18-33(2)14-15-39-23/h2*3-5,8,10,18-19,23,38H,1,6-7,9,11-17,20-21H2,2H3;3-7,16-17,23,37H,1,8-15,18-20H2,2H3/t23-;;/m1../s1. The summed E-state index contributed by atoms with van der Waals surface area (Å²) in [4.78, 5) is 92.2. The van der Waals surface area contributed by atoms with Crippen LogP contribution in [0.3, 0.4) is 0 Å². The quantitative estimate of drug-likeness (QED) is 0.0675. The summed E-state index contributed by atoms with van der Waals surface area (Å²) in [6, 6.07) is 37.3. The Morgan fingerprint density at radius 3 is 1.07 bits per heavy atom. The lowest BCUT2D eigenvalue weighted by atomic mass is 10.0. The number of likely N-dealkylation sites (N-methyl/N-ethyl adjacent to an activating group) is 3. The average Bonchev–Trinajstić information content (AvgIpc) is 0.772. The van der Waals surface area contributed by atoms with E-state index in [-0.39, 0.29) is 41.1 Å². The fraction of sp³-hybridized carbons (Fsp3) is 0.446. The largest absolute Gasteiger partial charge is 0.508 e. The van der Waals surface area contributed by atoms with Gasteiger partial charge in [0.25, 0.3) is 0 Å². The lowest BCUT2D eigenvalue weighted by molar-refractivity contribution is -0.127. The molecule has 3 atom stereocenters. The molecule has 120 heavy (non-hydrogen) atoms. The molecule has 28 nitrogen and oxygen atoms in total. The number of benzene rings is 6. The second-order valence-corrected chi connectivity index (χ2v) is 32.8. The molecule has 9 aliphatic rings. The zero-order valence-electron chi connectivity index (χ0n) is 69.5. The predicted molar refractivity (Wildman–Crippen MR) is 468 cm³/mol. The number of fused-ring (bicyclic) bond motifs is 6. The highest BCUT2D eigenvalue weighted by Gasteiger charge is 2.35. The molecule has 0 aliphatic carbocycles. The summed E-state index contributed by atoms with van der Waals surface area (Å²) < 4.78 is 24.6. The van der Waals surface area contributed by atoms with Crippen LogP contribution in [-0.4, -0.2) is 282 Å². The topological polar surface area (TPSA) is 265 Å². The molecule has 12 heterocycles. The van der Waals surface area contributed by atoms with Crippen LogP contribution < -0.4 is 43.6 Å². The molecule has 2 unspecified atom stereocenters. The molecule has 3 amide bonds. The molecule has 3 N–H and O–H groups in total. The molecule has 0 bridgehead atoms. The number of likely N-dealkylation sites (tertiary alicyclic amines) is 2.